The molecule has 0 spiro atoms. The number of sulfonamides is 1. The van der Waals surface area contributed by atoms with Crippen molar-refractivity contribution < 1.29 is 18.3 Å². The first-order valence-corrected chi connectivity index (χ1v) is 7.64. The summed E-state index contributed by atoms with van der Waals surface area (Å²) in [6, 6.07) is 12.5. The molecule has 110 valence electrons. The number of benzene rings is 2. The molecule has 0 atom stereocenters. The number of carboxylic acid groups (broad SMARTS) is 1. The van der Waals surface area contributed by atoms with Crippen molar-refractivity contribution in [1.82, 2.24) is 0 Å². The molecule has 0 unspecified atom stereocenters. The first-order chi connectivity index (χ1) is 9.84. The van der Waals surface area contributed by atoms with Crippen molar-refractivity contribution in [3.63, 3.8) is 0 Å². The number of rotatable bonds is 4. The molecule has 0 aliphatic heterocycles. The lowest BCUT2D eigenvalue weighted by Crippen LogP contribution is -2.28. The third kappa shape index (κ3) is 2.90. The van der Waals surface area contributed by atoms with Gasteiger partial charge in [-0.05, 0) is 36.2 Å². The highest BCUT2D eigenvalue weighted by molar-refractivity contribution is 7.92. The third-order valence-corrected chi connectivity index (χ3v) is 5.11. The first kappa shape index (κ1) is 15.1. The van der Waals surface area contributed by atoms with Gasteiger partial charge in [0.25, 0.3) is 10.0 Å². The molecule has 5 nitrogen and oxygen atoms in total. The Hall–Kier alpha value is -2.34. The van der Waals surface area contributed by atoms with Gasteiger partial charge in [-0.1, -0.05) is 30.3 Å². The maximum atomic E-state index is 12.6. The van der Waals surface area contributed by atoms with E-state index in [-0.39, 0.29) is 10.5 Å². The molecule has 0 aliphatic carbocycles. The zero-order valence-electron chi connectivity index (χ0n) is 11.6. The molecule has 0 radical (unpaired) electrons. The van der Waals surface area contributed by atoms with Gasteiger partial charge in [0, 0.05) is 7.05 Å². The lowest BCUT2D eigenvalue weighted by atomic mass is 10.1. The average Bonchev–Trinajstić information content (AvgIpc) is 2.47. The molecule has 0 aromatic heterocycles. The fourth-order valence-corrected chi connectivity index (χ4v) is 3.37. The Kier molecular flexibility index (Phi) is 3.99. The van der Waals surface area contributed by atoms with E-state index in [0.717, 1.165) is 10.4 Å². The van der Waals surface area contributed by atoms with Crippen molar-refractivity contribution in [2.45, 2.75) is 11.8 Å². The van der Waals surface area contributed by atoms with Crippen LogP contribution < -0.4 is 9.41 Å². The SMILES string of the molecule is Cc1ccc(C(=O)[O-])cc1S(=O)(=O)N(C)c1ccccc1. The molecule has 0 fully saturated rings. The Balaban J connectivity index is 2.54. The van der Waals surface area contributed by atoms with Gasteiger partial charge in [0.2, 0.25) is 0 Å². The van der Waals surface area contributed by atoms with Crippen molar-refractivity contribution in [1.29, 1.82) is 0 Å². The fourth-order valence-electron chi connectivity index (χ4n) is 1.93. The zero-order chi connectivity index (χ0) is 15.6. The lowest BCUT2D eigenvalue weighted by molar-refractivity contribution is -0.255. The quantitative estimate of drug-likeness (QED) is 0.850. The molecule has 0 N–H and O–H groups in total. The molecule has 0 heterocycles. The maximum absolute atomic E-state index is 12.6. The molecular weight excluding hydrogens is 290 g/mol. The minimum atomic E-state index is -3.84. The summed E-state index contributed by atoms with van der Waals surface area (Å²) in [7, 11) is -2.41. The highest BCUT2D eigenvalue weighted by atomic mass is 32.2. The topological polar surface area (TPSA) is 77.5 Å². The number of aromatic carboxylic acids is 1. The van der Waals surface area contributed by atoms with Crippen LogP contribution in [0.15, 0.2) is 53.4 Å². The van der Waals surface area contributed by atoms with Gasteiger partial charge in [-0.15, -0.1) is 0 Å². The Labute approximate surface area is 123 Å². The van der Waals surface area contributed by atoms with Crippen molar-refractivity contribution in [2.75, 3.05) is 11.4 Å². The summed E-state index contributed by atoms with van der Waals surface area (Å²) in [6.45, 7) is 1.62. The van der Waals surface area contributed by atoms with Gasteiger partial charge in [0.1, 0.15) is 0 Å². The Morgan fingerprint density at radius 3 is 2.29 bits per heavy atom. The maximum Gasteiger partial charge on any atom is 0.264 e. The molecule has 2 aromatic rings. The van der Waals surface area contributed by atoms with Gasteiger partial charge in [0.15, 0.2) is 0 Å². The van der Waals surface area contributed by atoms with Crippen LogP contribution in [-0.2, 0) is 10.0 Å². The second-order valence-corrected chi connectivity index (χ2v) is 6.51. The number of hydrogen-bond donors (Lipinski definition) is 0. The third-order valence-electron chi connectivity index (χ3n) is 3.18. The monoisotopic (exact) mass is 304 g/mol. The van der Waals surface area contributed by atoms with E-state index in [1.54, 1.807) is 37.3 Å². The lowest BCUT2D eigenvalue weighted by Gasteiger charge is -2.21. The van der Waals surface area contributed by atoms with E-state index in [4.69, 9.17) is 0 Å². The van der Waals surface area contributed by atoms with Gasteiger partial charge in [-0.3, -0.25) is 4.31 Å². The molecular formula is C15H14NO4S-. The van der Waals surface area contributed by atoms with E-state index in [2.05, 4.69) is 0 Å². The summed E-state index contributed by atoms with van der Waals surface area (Å²) >= 11 is 0. The number of carbonyl (C=O) groups is 1. The van der Waals surface area contributed by atoms with E-state index >= 15 is 0 Å². The van der Waals surface area contributed by atoms with E-state index in [0.29, 0.717) is 11.3 Å². The molecule has 0 aliphatic rings. The van der Waals surface area contributed by atoms with Crippen LogP contribution in [0.2, 0.25) is 0 Å². The number of carboxylic acids is 1. The van der Waals surface area contributed by atoms with Crippen LogP contribution >= 0.6 is 0 Å². The first-order valence-electron chi connectivity index (χ1n) is 6.20. The van der Waals surface area contributed by atoms with Crippen LogP contribution in [0.3, 0.4) is 0 Å². The van der Waals surface area contributed by atoms with Crippen LogP contribution in [0, 0.1) is 6.92 Å². The predicted molar refractivity (Wildman–Crippen MR) is 77.5 cm³/mol. The normalized spacial score (nSPS) is 11.1. The molecule has 6 heteroatoms. The number of anilines is 1. The highest BCUT2D eigenvalue weighted by Gasteiger charge is 2.23. The Morgan fingerprint density at radius 1 is 1.10 bits per heavy atom. The van der Waals surface area contributed by atoms with Crippen molar-refractivity contribution in [3.8, 4) is 0 Å². The smallest absolute Gasteiger partial charge is 0.264 e. The fraction of sp³-hybridized carbons (Fsp3) is 0.133. The zero-order valence-corrected chi connectivity index (χ0v) is 12.4. The number of carbonyl (C=O) groups excluding carboxylic acids is 1. The minimum absolute atomic E-state index is 0.0458. The number of hydrogen-bond acceptors (Lipinski definition) is 4. The summed E-state index contributed by atoms with van der Waals surface area (Å²) in [5.41, 5.74) is 0.805. The van der Waals surface area contributed by atoms with Gasteiger partial charge < -0.3 is 9.90 Å². The van der Waals surface area contributed by atoms with Crippen LogP contribution in [0.25, 0.3) is 0 Å². The Bertz CT molecular complexity index is 770. The van der Waals surface area contributed by atoms with Crippen LogP contribution in [0.4, 0.5) is 5.69 Å². The minimum Gasteiger partial charge on any atom is -0.545 e. The standard InChI is InChI=1S/C15H15NO4S/c1-11-8-9-12(15(17)18)10-14(11)21(19,20)16(2)13-6-4-3-5-7-13/h3-10H,1-2H3,(H,17,18)/p-1. The molecule has 2 rings (SSSR count). The van der Waals surface area contributed by atoms with Crippen LogP contribution in [0.5, 0.6) is 0 Å². The second kappa shape index (κ2) is 5.57. The average molecular weight is 304 g/mol. The summed E-state index contributed by atoms with van der Waals surface area (Å²) in [6.07, 6.45) is 0. The van der Waals surface area contributed by atoms with Gasteiger partial charge in [0.05, 0.1) is 16.6 Å². The molecule has 0 saturated carbocycles. The van der Waals surface area contributed by atoms with E-state index < -0.39 is 16.0 Å². The van der Waals surface area contributed by atoms with E-state index in [1.807, 2.05) is 0 Å². The summed E-state index contributed by atoms with van der Waals surface area (Å²) < 4.78 is 26.4. The molecule has 0 amide bonds. The van der Waals surface area contributed by atoms with Gasteiger partial charge in [-0.25, -0.2) is 8.42 Å². The summed E-state index contributed by atoms with van der Waals surface area (Å²) in [5, 5.41) is 10.9. The van der Waals surface area contributed by atoms with E-state index in [1.165, 1.54) is 19.2 Å². The second-order valence-electron chi connectivity index (χ2n) is 4.58. The predicted octanol–water partition coefficient (Wildman–Crippen LogP) is 1.18. The highest BCUT2D eigenvalue weighted by Crippen LogP contribution is 2.24. The van der Waals surface area contributed by atoms with Crippen molar-refractivity contribution in [3.05, 3.63) is 59.7 Å². The Morgan fingerprint density at radius 2 is 1.71 bits per heavy atom. The summed E-state index contributed by atoms with van der Waals surface area (Å²) in [5.74, 6) is -1.41. The summed E-state index contributed by atoms with van der Waals surface area (Å²) in [4.78, 5) is 10.9. The number of aryl methyl sites for hydroxylation is 1. The van der Waals surface area contributed by atoms with Crippen molar-refractivity contribution in [2.24, 2.45) is 0 Å². The van der Waals surface area contributed by atoms with Crippen molar-refractivity contribution >= 4 is 21.7 Å². The van der Waals surface area contributed by atoms with E-state index in [9.17, 15) is 18.3 Å². The van der Waals surface area contributed by atoms with Crippen LogP contribution in [-0.4, -0.2) is 21.4 Å². The molecule has 0 saturated heterocycles. The molecule has 2 aromatic carbocycles. The van der Waals surface area contributed by atoms with Crippen LogP contribution in [0.1, 0.15) is 15.9 Å². The largest absolute Gasteiger partial charge is 0.545 e. The van der Waals surface area contributed by atoms with Gasteiger partial charge >= 0.3 is 0 Å². The molecule has 0 bridgehead atoms. The number of nitrogens with zero attached hydrogens (tertiary/aromatic N) is 1. The number of para-hydroxylation sites is 1. The van der Waals surface area contributed by atoms with Gasteiger partial charge in [-0.2, -0.15) is 0 Å². The molecule has 21 heavy (non-hydrogen) atoms.